The van der Waals surface area contributed by atoms with Crippen molar-refractivity contribution in [2.24, 2.45) is 0 Å². The first kappa shape index (κ1) is 10.7. The number of methoxy groups -OCH3 is 1. The maximum Gasteiger partial charge on any atom is 0.119 e. The van der Waals surface area contributed by atoms with Crippen molar-refractivity contribution in [1.29, 1.82) is 0 Å². The molecule has 0 aliphatic carbocycles. The lowest BCUT2D eigenvalue weighted by molar-refractivity contribution is 0.275. The lowest BCUT2D eigenvalue weighted by Crippen LogP contribution is -1.96. The van der Waals surface area contributed by atoms with Gasteiger partial charge in [-0.05, 0) is 36.8 Å². The largest absolute Gasteiger partial charge is 0.497 e. The van der Waals surface area contributed by atoms with E-state index in [9.17, 15) is 0 Å². The molecule has 0 radical (unpaired) electrons. The molecule has 16 heavy (non-hydrogen) atoms. The van der Waals surface area contributed by atoms with Crippen LogP contribution < -0.4 is 4.74 Å². The Kier molecular flexibility index (Phi) is 2.92. The molecule has 0 aliphatic rings. The van der Waals surface area contributed by atoms with E-state index in [2.05, 4.69) is 5.10 Å². The van der Waals surface area contributed by atoms with Crippen molar-refractivity contribution in [3.05, 3.63) is 41.7 Å². The number of hydrogen-bond acceptors (Lipinski definition) is 3. The summed E-state index contributed by atoms with van der Waals surface area (Å²) in [5, 5.41) is 13.3. The summed E-state index contributed by atoms with van der Waals surface area (Å²) in [6.45, 7) is 1.90. The molecular weight excluding hydrogens is 204 g/mol. The molecule has 1 heterocycles. The lowest BCUT2D eigenvalue weighted by Gasteiger charge is -2.02. The van der Waals surface area contributed by atoms with Crippen LogP contribution in [0.15, 0.2) is 30.5 Å². The summed E-state index contributed by atoms with van der Waals surface area (Å²) in [5.41, 5.74) is 2.64. The summed E-state index contributed by atoms with van der Waals surface area (Å²) in [4.78, 5) is 0. The molecule has 0 fully saturated rings. The fraction of sp³-hybridized carbons (Fsp3) is 0.250. The minimum atomic E-state index is -0.0327. The van der Waals surface area contributed by atoms with E-state index in [-0.39, 0.29) is 6.61 Å². The van der Waals surface area contributed by atoms with Gasteiger partial charge in [0.25, 0.3) is 0 Å². The number of ether oxygens (including phenoxy) is 1. The number of nitrogens with zero attached hydrogens (tertiary/aromatic N) is 2. The fourth-order valence-corrected chi connectivity index (χ4v) is 1.52. The Morgan fingerprint density at radius 2 is 2.00 bits per heavy atom. The van der Waals surface area contributed by atoms with Crippen LogP contribution in [0.5, 0.6) is 5.75 Å². The van der Waals surface area contributed by atoms with Gasteiger partial charge in [0.2, 0.25) is 0 Å². The highest BCUT2D eigenvalue weighted by molar-refractivity contribution is 5.37. The Balaban J connectivity index is 2.34. The highest BCUT2D eigenvalue weighted by Crippen LogP contribution is 2.16. The van der Waals surface area contributed by atoms with E-state index in [0.29, 0.717) is 5.69 Å². The van der Waals surface area contributed by atoms with Crippen LogP contribution in [0.2, 0.25) is 0 Å². The predicted octanol–water partition coefficient (Wildman–Crippen LogP) is 1.68. The van der Waals surface area contributed by atoms with Gasteiger partial charge < -0.3 is 9.84 Å². The lowest BCUT2D eigenvalue weighted by atomic mass is 10.3. The second kappa shape index (κ2) is 4.37. The standard InChI is InChI=1S/C12H14N2O2/c1-9-7-14(13-12(9)8-15)10-3-5-11(16-2)6-4-10/h3-7,15H,8H2,1-2H3. The summed E-state index contributed by atoms with van der Waals surface area (Å²) >= 11 is 0. The molecule has 0 saturated carbocycles. The summed E-state index contributed by atoms with van der Waals surface area (Å²) in [6.07, 6.45) is 1.90. The second-order valence-electron chi connectivity index (χ2n) is 3.56. The topological polar surface area (TPSA) is 47.3 Å². The van der Waals surface area contributed by atoms with Crippen molar-refractivity contribution in [1.82, 2.24) is 9.78 Å². The SMILES string of the molecule is COc1ccc(-n2cc(C)c(CO)n2)cc1. The van der Waals surface area contributed by atoms with Crippen LogP contribution >= 0.6 is 0 Å². The van der Waals surface area contributed by atoms with Crippen LogP contribution in [0.25, 0.3) is 5.69 Å². The van der Waals surface area contributed by atoms with Crippen LogP contribution in [0.4, 0.5) is 0 Å². The molecule has 0 saturated heterocycles. The highest BCUT2D eigenvalue weighted by atomic mass is 16.5. The minimum absolute atomic E-state index is 0.0327. The first-order valence-electron chi connectivity index (χ1n) is 5.05. The van der Waals surface area contributed by atoms with Gasteiger partial charge in [0, 0.05) is 6.20 Å². The minimum Gasteiger partial charge on any atom is -0.497 e. The molecule has 1 aromatic carbocycles. The Morgan fingerprint density at radius 1 is 1.31 bits per heavy atom. The maximum atomic E-state index is 9.07. The van der Waals surface area contributed by atoms with Gasteiger partial charge in [0.05, 0.1) is 25.1 Å². The monoisotopic (exact) mass is 218 g/mol. The van der Waals surface area contributed by atoms with Crippen LogP contribution in [-0.2, 0) is 6.61 Å². The van der Waals surface area contributed by atoms with E-state index in [4.69, 9.17) is 9.84 Å². The molecule has 0 aliphatic heterocycles. The normalized spacial score (nSPS) is 10.4. The second-order valence-corrected chi connectivity index (χ2v) is 3.56. The zero-order valence-electron chi connectivity index (χ0n) is 9.34. The average Bonchev–Trinajstić information content (AvgIpc) is 2.71. The van der Waals surface area contributed by atoms with Gasteiger partial charge in [0.1, 0.15) is 5.75 Å². The van der Waals surface area contributed by atoms with Crippen LogP contribution in [0.1, 0.15) is 11.3 Å². The molecule has 0 atom stereocenters. The molecule has 2 aromatic rings. The number of hydrogen-bond donors (Lipinski definition) is 1. The third-order valence-electron chi connectivity index (χ3n) is 2.49. The van der Waals surface area contributed by atoms with E-state index in [1.165, 1.54) is 0 Å². The number of aryl methyl sites for hydroxylation is 1. The van der Waals surface area contributed by atoms with Gasteiger partial charge >= 0.3 is 0 Å². The number of aromatic nitrogens is 2. The molecule has 0 spiro atoms. The zero-order chi connectivity index (χ0) is 11.5. The number of benzene rings is 1. The van der Waals surface area contributed by atoms with E-state index in [0.717, 1.165) is 17.0 Å². The molecule has 1 N–H and O–H groups in total. The molecule has 4 heteroatoms. The Bertz CT molecular complexity index is 474. The summed E-state index contributed by atoms with van der Waals surface area (Å²) in [6, 6.07) is 7.61. The van der Waals surface area contributed by atoms with Gasteiger partial charge in [-0.1, -0.05) is 0 Å². The third-order valence-corrected chi connectivity index (χ3v) is 2.49. The first-order valence-corrected chi connectivity index (χ1v) is 5.05. The van der Waals surface area contributed by atoms with Crippen LogP contribution in [-0.4, -0.2) is 22.0 Å². The number of aliphatic hydroxyl groups is 1. The first-order chi connectivity index (χ1) is 7.74. The quantitative estimate of drug-likeness (QED) is 0.852. The van der Waals surface area contributed by atoms with Crippen molar-refractivity contribution < 1.29 is 9.84 Å². The molecule has 0 bridgehead atoms. The zero-order valence-corrected chi connectivity index (χ0v) is 9.34. The highest BCUT2D eigenvalue weighted by Gasteiger charge is 2.05. The summed E-state index contributed by atoms with van der Waals surface area (Å²) in [7, 11) is 1.64. The molecule has 0 unspecified atom stereocenters. The smallest absolute Gasteiger partial charge is 0.119 e. The summed E-state index contributed by atoms with van der Waals surface area (Å²) in [5.74, 6) is 0.815. The Morgan fingerprint density at radius 3 is 2.50 bits per heavy atom. The van der Waals surface area contributed by atoms with Crippen LogP contribution in [0.3, 0.4) is 0 Å². The Labute approximate surface area is 94.1 Å². The molecule has 0 amide bonds. The van der Waals surface area contributed by atoms with Gasteiger partial charge in [-0.3, -0.25) is 0 Å². The van der Waals surface area contributed by atoms with E-state index < -0.39 is 0 Å². The van der Waals surface area contributed by atoms with Gasteiger partial charge in [-0.25, -0.2) is 4.68 Å². The van der Waals surface area contributed by atoms with E-state index in [1.807, 2.05) is 37.4 Å². The van der Waals surface area contributed by atoms with Crippen molar-refractivity contribution >= 4 is 0 Å². The number of aliphatic hydroxyl groups excluding tert-OH is 1. The van der Waals surface area contributed by atoms with Crippen molar-refractivity contribution in [3.8, 4) is 11.4 Å². The van der Waals surface area contributed by atoms with Gasteiger partial charge in [-0.15, -0.1) is 0 Å². The van der Waals surface area contributed by atoms with Crippen molar-refractivity contribution in [3.63, 3.8) is 0 Å². The van der Waals surface area contributed by atoms with Gasteiger partial charge in [-0.2, -0.15) is 5.10 Å². The predicted molar refractivity (Wildman–Crippen MR) is 60.8 cm³/mol. The number of rotatable bonds is 3. The third kappa shape index (κ3) is 1.92. The molecular formula is C12H14N2O2. The van der Waals surface area contributed by atoms with Gasteiger partial charge in [0.15, 0.2) is 0 Å². The van der Waals surface area contributed by atoms with Crippen molar-refractivity contribution in [2.45, 2.75) is 13.5 Å². The molecule has 84 valence electrons. The van der Waals surface area contributed by atoms with Crippen molar-refractivity contribution in [2.75, 3.05) is 7.11 Å². The average molecular weight is 218 g/mol. The molecule has 2 rings (SSSR count). The van der Waals surface area contributed by atoms with E-state index in [1.54, 1.807) is 11.8 Å². The van der Waals surface area contributed by atoms with E-state index >= 15 is 0 Å². The maximum absolute atomic E-state index is 9.07. The fourth-order valence-electron chi connectivity index (χ4n) is 1.52. The Hall–Kier alpha value is -1.81. The summed E-state index contributed by atoms with van der Waals surface area (Å²) < 4.78 is 6.84. The molecule has 4 nitrogen and oxygen atoms in total. The molecule has 1 aromatic heterocycles. The van der Waals surface area contributed by atoms with Crippen LogP contribution in [0, 0.1) is 6.92 Å².